The van der Waals surface area contributed by atoms with Crippen molar-refractivity contribution in [3.63, 3.8) is 0 Å². The van der Waals surface area contributed by atoms with Crippen LogP contribution in [0.3, 0.4) is 0 Å². The molecule has 0 saturated carbocycles. The number of carbonyl (C=O) groups is 1. The minimum Gasteiger partial charge on any atom is -0.391 e. The number of hydrogen-bond donors (Lipinski definition) is 3. The van der Waals surface area contributed by atoms with Gasteiger partial charge in [0.1, 0.15) is 5.82 Å². The molecule has 1 rings (SSSR count). The zero-order chi connectivity index (χ0) is 14.4. The molecule has 0 aliphatic heterocycles. The van der Waals surface area contributed by atoms with Gasteiger partial charge in [0.15, 0.2) is 0 Å². The summed E-state index contributed by atoms with van der Waals surface area (Å²) in [4.78, 5) is 11.5. The van der Waals surface area contributed by atoms with Gasteiger partial charge in [0, 0.05) is 12.2 Å². The first-order chi connectivity index (χ1) is 8.88. The Bertz CT molecular complexity index is 435. The molecule has 0 aromatic heterocycles. The molecule has 0 aliphatic rings. The van der Waals surface area contributed by atoms with Gasteiger partial charge in [-0.25, -0.2) is 9.18 Å². The molecule has 1 aromatic carbocycles. The molecule has 1 atom stereocenters. The van der Waals surface area contributed by atoms with Gasteiger partial charge >= 0.3 is 6.03 Å². The molecule has 1 unspecified atom stereocenters. The van der Waals surface area contributed by atoms with E-state index >= 15 is 0 Å². The minimum atomic E-state index is -0.569. The summed E-state index contributed by atoms with van der Waals surface area (Å²) in [6.07, 6.45) is 0.0555. The lowest BCUT2D eigenvalue weighted by Gasteiger charge is -2.14. The fraction of sp³-hybridized carbons (Fsp3) is 0.500. The number of benzene rings is 1. The smallest absolute Gasteiger partial charge is 0.319 e. The second-order valence-corrected chi connectivity index (χ2v) is 5.08. The Labute approximate surface area is 113 Å². The van der Waals surface area contributed by atoms with Gasteiger partial charge in [0.2, 0.25) is 0 Å². The Morgan fingerprint density at radius 2 is 2.11 bits per heavy atom. The first kappa shape index (κ1) is 15.4. The molecule has 19 heavy (non-hydrogen) atoms. The van der Waals surface area contributed by atoms with Crippen molar-refractivity contribution in [2.45, 2.75) is 33.3 Å². The van der Waals surface area contributed by atoms with E-state index in [1.54, 1.807) is 19.1 Å². The average Bonchev–Trinajstić information content (AvgIpc) is 2.30. The van der Waals surface area contributed by atoms with Crippen molar-refractivity contribution in [1.29, 1.82) is 0 Å². The molecule has 0 radical (unpaired) electrons. The molecule has 0 saturated heterocycles. The summed E-state index contributed by atoms with van der Waals surface area (Å²) >= 11 is 0. The predicted molar refractivity (Wildman–Crippen MR) is 73.6 cm³/mol. The lowest BCUT2D eigenvalue weighted by Crippen LogP contribution is -2.35. The van der Waals surface area contributed by atoms with Crippen LogP contribution in [-0.4, -0.2) is 23.8 Å². The SMILES string of the molecule is Cc1ccc(NC(=O)NCC(O)CC(C)C)cc1F. The molecule has 3 N–H and O–H groups in total. The van der Waals surface area contributed by atoms with Crippen LogP contribution in [0, 0.1) is 18.7 Å². The minimum absolute atomic E-state index is 0.179. The zero-order valence-corrected chi connectivity index (χ0v) is 11.5. The number of halogens is 1. The molecular formula is C14H21FN2O2. The third kappa shape index (κ3) is 5.70. The summed E-state index contributed by atoms with van der Waals surface area (Å²) in [6.45, 7) is 5.83. The molecule has 0 fully saturated rings. The monoisotopic (exact) mass is 268 g/mol. The predicted octanol–water partition coefficient (Wildman–Crippen LogP) is 2.66. The van der Waals surface area contributed by atoms with Crippen LogP contribution in [0.5, 0.6) is 0 Å². The van der Waals surface area contributed by atoms with Gasteiger partial charge in [-0.1, -0.05) is 19.9 Å². The molecule has 4 nitrogen and oxygen atoms in total. The summed E-state index contributed by atoms with van der Waals surface area (Å²) in [5.74, 6) is 0.00342. The van der Waals surface area contributed by atoms with Crippen LogP contribution >= 0.6 is 0 Å². The van der Waals surface area contributed by atoms with E-state index in [2.05, 4.69) is 10.6 Å². The van der Waals surface area contributed by atoms with Gasteiger partial charge in [-0.3, -0.25) is 0 Å². The van der Waals surface area contributed by atoms with Crippen LogP contribution in [0.25, 0.3) is 0 Å². The van der Waals surface area contributed by atoms with Crippen LogP contribution < -0.4 is 10.6 Å². The molecule has 0 heterocycles. The average molecular weight is 268 g/mol. The van der Waals surface area contributed by atoms with Crippen molar-refractivity contribution in [1.82, 2.24) is 5.32 Å². The standard InChI is InChI=1S/C14H21FN2O2/c1-9(2)6-12(18)8-16-14(19)17-11-5-4-10(3)13(15)7-11/h4-5,7,9,12,18H,6,8H2,1-3H3,(H2,16,17,19). The van der Waals surface area contributed by atoms with Crippen LogP contribution in [0.1, 0.15) is 25.8 Å². The molecule has 2 amide bonds. The number of hydrogen-bond acceptors (Lipinski definition) is 2. The van der Waals surface area contributed by atoms with Gasteiger partial charge < -0.3 is 15.7 Å². The number of nitrogens with one attached hydrogen (secondary N) is 2. The summed E-state index contributed by atoms with van der Waals surface area (Å²) in [5, 5.41) is 14.7. The highest BCUT2D eigenvalue weighted by molar-refractivity contribution is 5.89. The van der Waals surface area contributed by atoms with E-state index in [1.807, 2.05) is 13.8 Å². The Balaban J connectivity index is 2.40. The number of aliphatic hydroxyl groups is 1. The largest absolute Gasteiger partial charge is 0.391 e. The van der Waals surface area contributed by atoms with Crippen molar-refractivity contribution in [2.24, 2.45) is 5.92 Å². The van der Waals surface area contributed by atoms with E-state index in [0.29, 0.717) is 23.6 Å². The molecule has 1 aromatic rings. The molecule has 0 spiro atoms. The highest BCUT2D eigenvalue weighted by Gasteiger charge is 2.09. The number of carbonyl (C=O) groups excluding carboxylic acids is 1. The van der Waals surface area contributed by atoms with Crippen molar-refractivity contribution in [2.75, 3.05) is 11.9 Å². The van der Waals surface area contributed by atoms with E-state index in [4.69, 9.17) is 0 Å². The molecule has 5 heteroatoms. The van der Waals surface area contributed by atoms with Gasteiger partial charge in [0.05, 0.1) is 6.10 Å². The van der Waals surface area contributed by atoms with E-state index in [0.717, 1.165) is 0 Å². The lowest BCUT2D eigenvalue weighted by atomic mass is 10.1. The third-order valence-corrected chi connectivity index (χ3v) is 2.67. The van der Waals surface area contributed by atoms with Crippen molar-refractivity contribution in [3.05, 3.63) is 29.6 Å². The maximum atomic E-state index is 13.3. The summed E-state index contributed by atoms with van der Waals surface area (Å²) in [7, 11) is 0. The maximum Gasteiger partial charge on any atom is 0.319 e. The molecular weight excluding hydrogens is 247 g/mol. The number of amides is 2. The van der Waals surface area contributed by atoms with Crippen LogP contribution in [0.4, 0.5) is 14.9 Å². The highest BCUT2D eigenvalue weighted by atomic mass is 19.1. The zero-order valence-electron chi connectivity index (χ0n) is 11.5. The Morgan fingerprint density at radius 3 is 2.68 bits per heavy atom. The number of aliphatic hydroxyl groups excluding tert-OH is 1. The second kappa shape index (κ2) is 7.09. The normalized spacial score (nSPS) is 12.3. The van der Waals surface area contributed by atoms with Crippen molar-refractivity contribution < 1.29 is 14.3 Å². The number of aryl methyl sites for hydroxylation is 1. The fourth-order valence-electron chi connectivity index (χ4n) is 1.68. The van der Waals surface area contributed by atoms with Crippen molar-refractivity contribution >= 4 is 11.7 Å². The van der Waals surface area contributed by atoms with Crippen LogP contribution in [0.2, 0.25) is 0 Å². The Morgan fingerprint density at radius 1 is 1.42 bits per heavy atom. The van der Waals surface area contributed by atoms with E-state index in [-0.39, 0.29) is 12.4 Å². The molecule has 0 bridgehead atoms. The number of urea groups is 1. The number of rotatable bonds is 5. The topological polar surface area (TPSA) is 61.4 Å². The fourth-order valence-corrected chi connectivity index (χ4v) is 1.68. The van der Waals surface area contributed by atoms with E-state index < -0.39 is 12.1 Å². The second-order valence-electron chi connectivity index (χ2n) is 5.08. The first-order valence-corrected chi connectivity index (χ1v) is 6.37. The molecule has 106 valence electrons. The highest BCUT2D eigenvalue weighted by Crippen LogP contribution is 2.13. The number of anilines is 1. The third-order valence-electron chi connectivity index (χ3n) is 2.67. The summed E-state index contributed by atoms with van der Waals surface area (Å²) in [5.41, 5.74) is 0.914. The first-order valence-electron chi connectivity index (χ1n) is 6.37. The van der Waals surface area contributed by atoms with Crippen LogP contribution in [0.15, 0.2) is 18.2 Å². The van der Waals surface area contributed by atoms with Crippen molar-refractivity contribution in [3.8, 4) is 0 Å². The van der Waals surface area contributed by atoms with E-state index in [1.165, 1.54) is 6.07 Å². The summed E-state index contributed by atoms with van der Waals surface area (Å²) < 4.78 is 13.3. The maximum absolute atomic E-state index is 13.3. The Hall–Kier alpha value is -1.62. The summed E-state index contributed by atoms with van der Waals surface area (Å²) in [6, 6.07) is 4.03. The van der Waals surface area contributed by atoms with Gasteiger partial charge in [-0.05, 0) is 37.0 Å². The van der Waals surface area contributed by atoms with Gasteiger partial charge in [-0.2, -0.15) is 0 Å². The molecule has 0 aliphatic carbocycles. The lowest BCUT2D eigenvalue weighted by molar-refractivity contribution is 0.148. The Kier molecular flexibility index (Phi) is 5.76. The van der Waals surface area contributed by atoms with Crippen LogP contribution in [-0.2, 0) is 0 Å². The quantitative estimate of drug-likeness (QED) is 0.769. The van der Waals surface area contributed by atoms with Gasteiger partial charge in [0.25, 0.3) is 0 Å². The van der Waals surface area contributed by atoms with E-state index in [9.17, 15) is 14.3 Å². The van der Waals surface area contributed by atoms with Gasteiger partial charge in [-0.15, -0.1) is 0 Å².